The van der Waals surface area contributed by atoms with Crippen LogP contribution in [0.1, 0.15) is 37.3 Å². The fourth-order valence-electron chi connectivity index (χ4n) is 2.26. The molecule has 1 aromatic carbocycles. The van der Waals surface area contributed by atoms with Crippen molar-refractivity contribution in [3.05, 3.63) is 35.4 Å². The van der Waals surface area contributed by atoms with Gasteiger partial charge in [-0.1, -0.05) is 44.0 Å². The second kappa shape index (κ2) is 6.02. The molecule has 0 aliphatic carbocycles. The number of aliphatic hydroxyl groups excluding tert-OH is 1. The lowest BCUT2D eigenvalue weighted by molar-refractivity contribution is 0.185. The number of hydrogen-bond donors (Lipinski definition) is 2. The van der Waals surface area contributed by atoms with Crippen LogP contribution in [0.15, 0.2) is 24.3 Å². The molecular formula is C14H23NO. The third-order valence-corrected chi connectivity index (χ3v) is 3.42. The van der Waals surface area contributed by atoms with Crippen LogP contribution in [0.5, 0.6) is 0 Å². The topological polar surface area (TPSA) is 46.2 Å². The smallest absolute Gasteiger partial charge is 0.0540 e. The van der Waals surface area contributed by atoms with Crippen LogP contribution in [0, 0.1) is 6.92 Å². The molecule has 90 valence electrons. The molecule has 1 unspecified atom stereocenters. The summed E-state index contributed by atoms with van der Waals surface area (Å²) in [5.74, 6) is 0. The van der Waals surface area contributed by atoms with Gasteiger partial charge in [-0.3, -0.25) is 0 Å². The molecule has 1 rings (SSSR count). The summed E-state index contributed by atoms with van der Waals surface area (Å²) in [5.41, 5.74) is 8.07. The van der Waals surface area contributed by atoms with Crippen molar-refractivity contribution in [1.82, 2.24) is 0 Å². The molecule has 2 heteroatoms. The molecule has 1 aromatic rings. The van der Waals surface area contributed by atoms with Crippen molar-refractivity contribution in [2.75, 3.05) is 13.2 Å². The summed E-state index contributed by atoms with van der Waals surface area (Å²) in [6, 6.07) is 8.22. The first-order chi connectivity index (χ1) is 7.70. The predicted molar refractivity (Wildman–Crippen MR) is 68.5 cm³/mol. The Kier molecular flexibility index (Phi) is 4.97. The number of aryl methyl sites for hydroxylation is 1. The van der Waals surface area contributed by atoms with Crippen molar-refractivity contribution in [2.24, 2.45) is 5.73 Å². The summed E-state index contributed by atoms with van der Waals surface area (Å²) >= 11 is 0. The summed E-state index contributed by atoms with van der Waals surface area (Å²) < 4.78 is 0. The van der Waals surface area contributed by atoms with E-state index in [9.17, 15) is 5.11 Å². The molecule has 2 nitrogen and oxygen atoms in total. The molecular weight excluding hydrogens is 198 g/mol. The molecule has 0 amide bonds. The van der Waals surface area contributed by atoms with Gasteiger partial charge in [-0.2, -0.15) is 0 Å². The zero-order valence-electron chi connectivity index (χ0n) is 10.4. The van der Waals surface area contributed by atoms with Gasteiger partial charge in [0.1, 0.15) is 0 Å². The van der Waals surface area contributed by atoms with E-state index in [1.54, 1.807) is 0 Å². The Morgan fingerprint density at radius 2 is 2.00 bits per heavy atom. The number of benzene rings is 1. The maximum Gasteiger partial charge on any atom is 0.0540 e. The largest absolute Gasteiger partial charge is 0.395 e. The molecule has 0 bridgehead atoms. The van der Waals surface area contributed by atoms with E-state index < -0.39 is 0 Å². The van der Waals surface area contributed by atoms with E-state index in [1.165, 1.54) is 11.1 Å². The van der Waals surface area contributed by atoms with Crippen LogP contribution in [0.3, 0.4) is 0 Å². The lowest BCUT2D eigenvalue weighted by Crippen LogP contribution is -2.39. The van der Waals surface area contributed by atoms with Gasteiger partial charge >= 0.3 is 0 Å². The van der Waals surface area contributed by atoms with Crippen molar-refractivity contribution in [3.63, 3.8) is 0 Å². The first-order valence-electron chi connectivity index (χ1n) is 6.07. The highest BCUT2D eigenvalue weighted by Gasteiger charge is 2.30. The highest BCUT2D eigenvalue weighted by atomic mass is 16.3. The summed E-state index contributed by atoms with van der Waals surface area (Å²) in [7, 11) is 0. The van der Waals surface area contributed by atoms with Crippen molar-refractivity contribution in [2.45, 2.75) is 38.5 Å². The van der Waals surface area contributed by atoms with Gasteiger partial charge in [-0.25, -0.2) is 0 Å². The normalized spacial score (nSPS) is 14.8. The Labute approximate surface area is 98.5 Å². The van der Waals surface area contributed by atoms with Gasteiger partial charge in [0, 0.05) is 12.0 Å². The lowest BCUT2D eigenvalue weighted by Gasteiger charge is -2.32. The standard InChI is InChI=1S/C14H23NO/c1-3-4-9-14(10-15,11-16)13-8-6-5-7-12(13)2/h5-8,16H,3-4,9-11,15H2,1-2H3. The molecule has 0 aliphatic heterocycles. The lowest BCUT2D eigenvalue weighted by atomic mass is 9.75. The number of aliphatic hydroxyl groups is 1. The number of rotatable bonds is 6. The van der Waals surface area contributed by atoms with E-state index >= 15 is 0 Å². The van der Waals surface area contributed by atoms with Gasteiger partial charge < -0.3 is 10.8 Å². The first kappa shape index (κ1) is 13.2. The van der Waals surface area contributed by atoms with E-state index in [2.05, 4.69) is 26.0 Å². The monoisotopic (exact) mass is 221 g/mol. The van der Waals surface area contributed by atoms with Crippen molar-refractivity contribution >= 4 is 0 Å². The third kappa shape index (κ3) is 2.63. The van der Waals surface area contributed by atoms with Gasteiger partial charge in [-0.05, 0) is 24.5 Å². The highest BCUT2D eigenvalue weighted by Crippen LogP contribution is 2.30. The van der Waals surface area contributed by atoms with Crippen LogP contribution in [0.4, 0.5) is 0 Å². The van der Waals surface area contributed by atoms with E-state index in [1.807, 2.05) is 12.1 Å². The molecule has 0 spiro atoms. The van der Waals surface area contributed by atoms with E-state index in [0.717, 1.165) is 19.3 Å². The van der Waals surface area contributed by atoms with Crippen LogP contribution in [-0.4, -0.2) is 18.3 Å². The Morgan fingerprint density at radius 3 is 2.50 bits per heavy atom. The maximum absolute atomic E-state index is 9.70. The molecule has 16 heavy (non-hydrogen) atoms. The number of nitrogens with two attached hydrogens (primary N) is 1. The molecule has 1 atom stereocenters. The SMILES string of the molecule is CCCCC(CN)(CO)c1ccccc1C. The van der Waals surface area contributed by atoms with E-state index in [4.69, 9.17) is 5.73 Å². The summed E-state index contributed by atoms with van der Waals surface area (Å²) in [6.45, 7) is 4.89. The Bertz CT molecular complexity index is 318. The molecule has 0 fully saturated rings. The zero-order valence-corrected chi connectivity index (χ0v) is 10.4. The van der Waals surface area contributed by atoms with E-state index in [0.29, 0.717) is 6.54 Å². The number of hydrogen-bond acceptors (Lipinski definition) is 2. The Hall–Kier alpha value is -0.860. The van der Waals surface area contributed by atoms with Gasteiger partial charge in [-0.15, -0.1) is 0 Å². The summed E-state index contributed by atoms with van der Waals surface area (Å²) in [4.78, 5) is 0. The average molecular weight is 221 g/mol. The van der Waals surface area contributed by atoms with E-state index in [-0.39, 0.29) is 12.0 Å². The summed E-state index contributed by atoms with van der Waals surface area (Å²) in [5, 5.41) is 9.70. The van der Waals surface area contributed by atoms with Gasteiger partial charge in [0.25, 0.3) is 0 Å². The molecule has 0 aliphatic rings. The van der Waals surface area contributed by atoms with Gasteiger partial charge in [0.05, 0.1) is 6.61 Å². The minimum absolute atomic E-state index is 0.133. The van der Waals surface area contributed by atoms with Crippen LogP contribution in [-0.2, 0) is 5.41 Å². The fourth-order valence-corrected chi connectivity index (χ4v) is 2.26. The quantitative estimate of drug-likeness (QED) is 0.774. The van der Waals surface area contributed by atoms with Crippen molar-refractivity contribution < 1.29 is 5.11 Å². The Morgan fingerprint density at radius 1 is 1.31 bits per heavy atom. The minimum Gasteiger partial charge on any atom is -0.395 e. The molecule has 0 aromatic heterocycles. The number of unbranched alkanes of at least 4 members (excludes halogenated alkanes) is 1. The highest BCUT2D eigenvalue weighted by molar-refractivity contribution is 5.34. The van der Waals surface area contributed by atoms with Gasteiger partial charge in [0.15, 0.2) is 0 Å². The minimum atomic E-state index is -0.249. The second-order valence-electron chi connectivity index (χ2n) is 4.56. The summed E-state index contributed by atoms with van der Waals surface area (Å²) in [6.07, 6.45) is 3.20. The molecule has 0 saturated carbocycles. The molecule has 0 heterocycles. The van der Waals surface area contributed by atoms with Crippen LogP contribution in [0.25, 0.3) is 0 Å². The Balaban J connectivity index is 3.05. The first-order valence-corrected chi connectivity index (χ1v) is 6.07. The predicted octanol–water partition coefficient (Wildman–Crippen LogP) is 2.37. The van der Waals surface area contributed by atoms with Crippen LogP contribution < -0.4 is 5.73 Å². The van der Waals surface area contributed by atoms with Gasteiger partial charge in [0.2, 0.25) is 0 Å². The molecule has 0 radical (unpaired) electrons. The molecule has 0 saturated heterocycles. The maximum atomic E-state index is 9.70. The molecule has 3 N–H and O–H groups in total. The second-order valence-corrected chi connectivity index (χ2v) is 4.56. The third-order valence-electron chi connectivity index (χ3n) is 3.42. The average Bonchev–Trinajstić information content (AvgIpc) is 2.33. The van der Waals surface area contributed by atoms with Crippen LogP contribution >= 0.6 is 0 Å². The van der Waals surface area contributed by atoms with Crippen LogP contribution in [0.2, 0.25) is 0 Å². The van der Waals surface area contributed by atoms with Crippen molar-refractivity contribution in [1.29, 1.82) is 0 Å². The van der Waals surface area contributed by atoms with Crippen molar-refractivity contribution in [3.8, 4) is 0 Å². The zero-order chi connectivity index (χ0) is 12.0. The fraction of sp³-hybridized carbons (Fsp3) is 0.571.